The van der Waals surface area contributed by atoms with Crippen LogP contribution in [0.1, 0.15) is 45.4 Å². The van der Waals surface area contributed by atoms with Crippen molar-refractivity contribution in [3.8, 4) is 0 Å². The Morgan fingerprint density at radius 3 is 2.44 bits per heavy atom. The monoisotopic (exact) mass is 285 g/mol. The van der Waals surface area contributed by atoms with Gasteiger partial charge in [0.05, 0.1) is 0 Å². The summed E-state index contributed by atoms with van der Waals surface area (Å²) in [6.07, 6.45) is 8.96. The number of rotatable bonds is 3. The van der Waals surface area contributed by atoms with E-state index in [-0.39, 0.29) is 0 Å². The van der Waals surface area contributed by atoms with Crippen molar-refractivity contribution in [1.29, 1.82) is 0 Å². The van der Waals surface area contributed by atoms with Crippen LogP contribution in [-0.4, -0.2) is 17.9 Å². The number of hydrogen-bond donors (Lipinski definition) is 1. The summed E-state index contributed by atoms with van der Waals surface area (Å²) in [6.45, 7) is 2.35. The quantitative estimate of drug-likeness (QED) is 0.782. The van der Waals surface area contributed by atoms with E-state index in [4.69, 9.17) is 0 Å². The van der Waals surface area contributed by atoms with E-state index in [9.17, 15) is 0 Å². The van der Waals surface area contributed by atoms with Crippen molar-refractivity contribution in [3.05, 3.63) is 0 Å². The molecule has 0 saturated heterocycles. The third kappa shape index (κ3) is 1.68. The molecular weight excluding hydrogens is 262 g/mol. The smallest absolute Gasteiger partial charge is 0.0231 e. The van der Waals surface area contributed by atoms with Crippen LogP contribution in [0.25, 0.3) is 0 Å². The van der Waals surface area contributed by atoms with E-state index >= 15 is 0 Å². The average Bonchev–Trinajstić information content (AvgIpc) is 2.24. The van der Waals surface area contributed by atoms with Gasteiger partial charge in [-0.3, -0.25) is 0 Å². The highest BCUT2D eigenvalue weighted by Gasteiger charge is 2.56. The molecule has 92 valence electrons. The van der Waals surface area contributed by atoms with Gasteiger partial charge < -0.3 is 5.32 Å². The Morgan fingerprint density at radius 2 is 1.88 bits per heavy atom. The summed E-state index contributed by atoms with van der Waals surface area (Å²) in [4.78, 5) is 0.809. The fraction of sp³-hybridized carbons (Fsp3) is 1.00. The van der Waals surface area contributed by atoms with Crippen molar-refractivity contribution in [3.63, 3.8) is 0 Å². The Bertz CT molecular complexity index is 264. The highest BCUT2D eigenvalue weighted by molar-refractivity contribution is 9.09. The summed E-state index contributed by atoms with van der Waals surface area (Å²) in [5, 5.41) is 3.44. The van der Waals surface area contributed by atoms with Crippen LogP contribution >= 0.6 is 15.9 Å². The van der Waals surface area contributed by atoms with E-state index in [0.29, 0.717) is 11.5 Å². The maximum Gasteiger partial charge on any atom is 0.0231 e. The molecule has 0 aliphatic heterocycles. The highest BCUT2D eigenvalue weighted by atomic mass is 79.9. The van der Waals surface area contributed by atoms with Gasteiger partial charge in [-0.05, 0) is 75.7 Å². The zero-order valence-corrected chi connectivity index (χ0v) is 12.1. The zero-order chi connectivity index (χ0) is 11.3. The lowest BCUT2D eigenvalue weighted by Crippen LogP contribution is -2.55. The lowest BCUT2D eigenvalue weighted by atomic mass is 9.48. The van der Waals surface area contributed by atoms with Crippen LogP contribution in [0.15, 0.2) is 0 Å². The van der Waals surface area contributed by atoms with E-state index in [0.717, 1.165) is 22.6 Å². The zero-order valence-electron chi connectivity index (χ0n) is 10.5. The molecule has 2 heteroatoms. The molecule has 0 amide bonds. The number of alkyl halides is 1. The Morgan fingerprint density at radius 1 is 1.25 bits per heavy atom. The molecule has 4 rings (SSSR count). The molecule has 0 radical (unpaired) electrons. The molecule has 1 N–H and O–H groups in total. The third-order valence-corrected chi connectivity index (χ3v) is 7.25. The SMILES string of the molecule is CN[C@H](C)CC12C[C@@H]3CC(C[C@H](C3)C1)[C@@H]2Br. The lowest BCUT2D eigenvalue weighted by molar-refractivity contribution is -0.0512. The molecule has 0 spiro atoms. The van der Waals surface area contributed by atoms with Gasteiger partial charge in [-0.15, -0.1) is 0 Å². The summed E-state index contributed by atoms with van der Waals surface area (Å²) in [5.74, 6) is 3.13. The number of halogens is 1. The first-order valence-corrected chi connectivity index (χ1v) is 7.86. The molecule has 16 heavy (non-hydrogen) atoms. The van der Waals surface area contributed by atoms with Crippen LogP contribution in [0.5, 0.6) is 0 Å². The topological polar surface area (TPSA) is 12.0 Å². The van der Waals surface area contributed by atoms with Crippen molar-refractivity contribution < 1.29 is 0 Å². The van der Waals surface area contributed by atoms with Crippen molar-refractivity contribution in [1.82, 2.24) is 5.32 Å². The Balaban J connectivity index is 1.82. The largest absolute Gasteiger partial charge is 0.317 e. The minimum absolute atomic E-state index is 0.636. The van der Waals surface area contributed by atoms with E-state index in [1.165, 1.54) is 32.1 Å². The van der Waals surface area contributed by atoms with Gasteiger partial charge >= 0.3 is 0 Å². The molecule has 0 aromatic heterocycles. The molecule has 0 unspecified atom stereocenters. The first kappa shape index (κ1) is 11.5. The standard InChI is InChI=1S/C14H24BrN/c1-9(16-2)6-14-7-10-3-11(8-14)5-12(4-10)13(14)15/h9-13,16H,3-8H2,1-2H3/t9-,10+,11+,12?,13+,14?/m1/s1. The van der Waals surface area contributed by atoms with E-state index in [2.05, 4.69) is 35.2 Å². The minimum atomic E-state index is 0.636. The molecule has 4 saturated carbocycles. The van der Waals surface area contributed by atoms with Gasteiger partial charge in [0.1, 0.15) is 0 Å². The summed E-state index contributed by atoms with van der Waals surface area (Å²) in [6, 6.07) is 0.677. The molecule has 4 fully saturated rings. The van der Waals surface area contributed by atoms with E-state index in [1.54, 1.807) is 6.42 Å². The number of nitrogens with one attached hydrogen (secondary N) is 1. The predicted octanol–water partition coefficient (Wildman–Crippen LogP) is 3.57. The third-order valence-electron chi connectivity index (χ3n) is 5.53. The summed E-state index contributed by atoms with van der Waals surface area (Å²) in [5.41, 5.74) is 0.636. The second-order valence-corrected chi connectivity index (χ2v) is 7.75. The average molecular weight is 286 g/mol. The van der Waals surface area contributed by atoms with Gasteiger partial charge in [-0.1, -0.05) is 15.9 Å². The Kier molecular flexibility index (Phi) is 2.87. The van der Waals surface area contributed by atoms with Crippen molar-refractivity contribution in [2.45, 2.75) is 56.3 Å². The molecular formula is C14H24BrN. The Labute approximate surface area is 108 Å². The maximum atomic E-state index is 4.07. The Hall–Kier alpha value is 0.440. The normalized spacial score (nSPS) is 51.9. The second-order valence-electron chi connectivity index (χ2n) is 6.77. The van der Waals surface area contributed by atoms with Crippen LogP contribution in [0, 0.1) is 23.2 Å². The maximum absolute atomic E-state index is 4.07. The van der Waals surface area contributed by atoms with Crippen molar-refractivity contribution >= 4 is 15.9 Å². The molecule has 1 nitrogen and oxygen atoms in total. The highest BCUT2D eigenvalue weighted by Crippen LogP contribution is 2.63. The fourth-order valence-corrected chi connectivity index (χ4v) is 6.13. The molecule has 4 aliphatic rings. The molecule has 0 aromatic rings. The number of hydrogen-bond acceptors (Lipinski definition) is 1. The summed E-state index contributed by atoms with van der Waals surface area (Å²) in [7, 11) is 2.11. The molecule has 4 aliphatic carbocycles. The van der Waals surface area contributed by atoms with Crippen LogP contribution < -0.4 is 5.32 Å². The fourth-order valence-electron chi connectivity index (χ4n) is 5.14. The van der Waals surface area contributed by atoms with Crippen molar-refractivity contribution in [2.24, 2.45) is 23.2 Å². The van der Waals surface area contributed by atoms with Gasteiger partial charge in [0, 0.05) is 10.9 Å². The first-order valence-electron chi connectivity index (χ1n) is 6.94. The van der Waals surface area contributed by atoms with E-state index < -0.39 is 0 Å². The predicted molar refractivity (Wildman–Crippen MR) is 71.8 cm³/mol. The van der Waals surface area contributed by atoms with Crippen LogP contribution in [0.3, 0.4) is 0 Å². The van der Waals surface area contributed by atoms with Crippen LogP contribution in [0.4, 0.5) is 0 Å². The minimum Gasteiger partial charge on any atom is -0.317 e. The van der Waals surface area contributed by atoms with Gasteiger partial charge in [-0.2, -0.15) is 0 Å². The molecule has 4 bridgehead atoms. The van der Waals surface area contributed by atoms with Crippen LogP contribution in [-0.2, 0) is 0 Å². The van der Waals surface area contributed by atoms with Gasteiger partial charge in [0.15, 0.2) is 0 Å². The second kappa shape index (κ2) is 3.98. The molecule has 4 atom stereocenters. The first-order chi connectivity index (χ1) is 7.63. The summed E-state index contributed by atoms with van der Waals surface area (Å²) < 4.78 is 0. The van der Waals surface area contributed by atoms with Gasteiger partial charge in [-0.25, -0.2) is 0 Å². The molecule has 0 aromatic carbocycles. The lowest BCUT2D eigenvalue weighted by Gasteiger charge is -2.60. The van der Waals surface area contributed by atoms with Crippen molar-refractivity contribution in [2.75, 3.05) is 7.05 Å². The van der Waals surface area contributed by atoms with Crippen LogP contribution in [0.2, 0.25) is 0 Å². The van der Waals surface area contributed by atoms with Gasteiger partial charge in [0.2, 0.25) is 0 Å². The van der Waals surface area contributed by atoms with E-state index in [1.807, 2.05) is 0 Å². The molecule has 0 heterocycles. The van der Waals surface area contributed by atoms with Gasteiger partial charge in [0.25, 0.3) is 0 Å². The summed E-state index contributed by atoms with van der Waals surface area (Å²) >= 11 is 4.07.